The Labute approximate surface area is 211 Å². The number of aryl methyl sites for hydroxylation is 1. The van der Waals surface area contributed by atoms with Crippen molar-refractivity contribution in [3.63, 3.8) is 0 Å². The second-order valence-corrected chi connectivity index (χ2v) is 8.85. The molecule has 9 heteroatoms. The van der Waals surface area contributed by atoms with Gasteiger partial charge in [0.2, 0.25) is 5.88 Å². The minimum atomic E-state index is -1.07. The first kappa shape index (κ1) is 25.3. The van der Waals surface area contributed by atoms with Crippen molar-refractivity contribution in [1.29, 1.82) is 0 Å². The number of pyridine rings is 1. The maximum absolute atomic E-state index is 12.0. The Bertz CT molecular complexity index is 1160. The maximum Gasteiger partial charge on any atom is 0.636 e. The molecule has 8 nitrogen and oxygen atoms in total. The second-order valence-electron chi connectivity index (χ2n) is 8.85. The molecule has 0 saturated carbocycles. The number of aromatic nitrogens is 1. The van der Waals surface area contributed by atoms with Crippen LogP contribution in [0, 0.1) is 6.92 Å². The molecule has 1 aromatic heterocycles. The standard InChI is InChI=1S/C27H29BN2O6/c1-19-11-14-22(8-4-5-9-24(19)34-25-10-6-7-20(2)29-25)33-23-15-12-21(13-16-23)28-35-26(31)17-30(3)18-27(32)36-28/h4-7,9-10,12-13,15-16,22H,1,8,11,14,17-18H2,2-3H3/b5-4-,24-9+/t22-/m0/s1. The van der Waals surface area contributed by atoms with Crippen molar-refractivity contribution < 1.29 is 28.4 Å². The quantitative estimate of drug-likeness (QED) is 0.594. The Morgan fingerprint density at radius 1 is 1.08 bits per heavy atom. The summed E-state index contributed by atoms with van der Waals surface area (Å²) in [7, 11) is 0.582. The molecular formula is C27H29BN2O6. The van der Waals surface area contributed by atoms with E-state index in [1.165, 1.54) is 0 Å². The summed E-state index contributed by atoms with van der Waals surface area (Å²) in [6, 6.07) is 12.7. The predicted molar refractivity (Wildman–Crippen MR) is 136 cm³/mol. The van der Waals surface area contributed by atoms with Crippen molar-refractivity contribution in [2.45, 2.75) is 32.3 Å². The fourth-order valence-electron chi connectivity index (χ4n) is 3.85. The third kappa shape index (κ3) is 7.08. The lowest BCUT2D eigenvalue weighted by atomic mass is 9.78. The predicted octanol–water partition coefficient (Wildman–Crippen LogP) is 3.12. The van der Waals surface area contributed by atoms with Gasteiger partial charge in [-0.15, -0.1) is 0 Å². The molecule has 36 heavy (non-hydrogen) atoms. The summed E-state index contributed by atoms with van der Waals surface area (Å²) >= 11 is 0. The van der Waals surface area contributed by atoms with Gasteiger partial charge in [0.25, 0.3) is 0 Å². The Kier molecular flexibility index (Phi) is 8.22. The van der Waals surface area contributed by atoms with E-state index in [-0.39, 0.29) is 19.2 Å². The topological polar surface area (TPSA) is 87.2 Å². The van der Waals surface area contributed by atoms with Crippen molar-refractivity contribution in [3.05, 3.63) is 84.3 Å². The first-order valence-electron chi connectivity index (χ1n) is 11.9. The number of ether oxygens (including phenoxy) is 2. The van der Waals surface area contributed by atoms with E-state index >= 15 is 0 Å². The van der Waals surface area contributed by atoms with Gasteiger partial charge in [-0.05, 0) is 56.7 Å². The van der Waals surface area contributed by atoms with Gasteiger partial charge in [0.05, 0.1) is 13.1 Å². The lowest BCUT2D eigenvalue weighted by Gasteiger charge is -2.23. The molecule has 2 aliphatic rings. The Hall–Kier alpha value is -3.85. The molecule has 1 aliphatic carbocycles. The first-order chi connectivity index (χ1) is 17.4. The summed E-state index contributed by atoms with van der Waals surface area (Å²) in [5, 5.41) is 0. The van der Waals surface area contributed by atoms with Gasteiger partial charge >= 0.3 is 19.1 Å². The highest BCUT2D eigenvalue weighted by molar-refractivity contribution is 6.64. The highest BCUT2D eigenvalue weighted by Crippen LogP contribution is 2.24. The lowest BCUT2D eigenvalue weighted by molar-refractivity contribution is -0.145. The zero-order chi connectivity index (χ0) is 25.5. The fourth-order valence-corrected chi connectivity index (χ4v) is 3.85. The summed E-state index contributed by atoms with van der Waals surface area (Å²) in [6.07, 6.45) is 7.97. The first-order valence-corrected chi connectivity index (χ1v) is 11.9. The molecule has 0 radical (unpaired) electrons. The Morgan fingerprint density at radius 3 is 2.50 bits per heavy atom. The number of allylic oxidation sites excluding steroid dienone is 3. The van der Waals surface area contributed by atoms with Crippen LogP contribution < -0.4 is 14.9 Å². The van der Waals surface area contributed by atoms with Gasteiger partial charge in [0, 0.05) is 23.6 Å². The lowest BCUT2D eigenvalue weighted by Crippen LogP contribution is -2.47. The summed E-state index contributed by atoms with van der Waals surface area (Å²) in [6.45, 7) is 6.17. The van der Waals surface area contributed by atoms with Crippen LogP contribution in [0.15, 0.2) is 78.6 Å². The van der Waals surface area contributed by atoms with Crippen molar-refractivity contribution in [2.75, 3.05) is 20.1 Å². The van der Waals surface area contributed by atoms with Gasteiger partial charge in [0.15, 0.2) is 0 Å². The monoisotopic (exact) mass is 488 g/mol. The van der Waals surface area contributed by atoms with Crippen molar-refractivity contribution in [3.8, 4) is 11.6 Å². The molecule has 1 fully saturated rings. The molecule has 0 unspecified atom stereocenters. The average Bonchev–Trinajstić information content (AvgIpc) is 2.90. The molecular weight excluding hydrogens is 459 g/mol. The minimum Gasteiger partial charge on any atom is -0.494 e. The van der Waals surface area contributed by atoms with E-state index in [9.17, 15) is 9.59 Å². The van der Waals surface area contributed by atoms with Crippen LogP contribution in [0.4, 0.5) is 0 Å². The van der Waals surface area contributed by atoms with Gasteiger partial charge in [-0.2, -0.15) is 0 Å². The molecule has 0 N–H and O–H groups in total. The zero-order valence-corrected chi connectivity index (χ0v) is 20.5. The molecule has 1 aliphatic heterocycles. The Balaban J connectivity index is 1.35. The number of carbonyl (C=O) groups is 2. The van der Waals surface area contributed by atoms with E-state index in [1.807, 2.05) is 43.4 Å². The van der Waals surface area contributed by atoms with Crippen LogP contribution >= 0.6 is 0 Å². The number of hydrogen-bond acceptors (Lipinski definition) is 8. The van der Waals surface area contributed by atoms with E-state index in [0.717, 1.165) is 17.7 Å². The molecule has 0 bridgehead atoms. The molecule has 1 saturated heterocycles. The molecule has 0 amide bonds. The zero-order valence-electron chi connectivity index (χ0n) is 20.5. The van der Waals surface area contributed by atoms with Crippen LogP contribution in [0.5, 0.6) is 11.6 Å². The number of carbonyl (C=O) groups excluding carboxylic acids is 2. The van der Waals surface area contributed by atoms with Crippen LogP contribution in [0.1, 0.15) is 25.0 Å². The molecule has 1 atom stereocenters. The van der Waals surface area contributed by atoms with Crippen LogP contribution in [-0.4, -0.2) is 55.2 Å². The average molecular weight is 488 g/mol. The minimum absolute atomic E-state index is 0.0242. The van der Waals surface area contributed by atoms with Crippen LogP contribution in [-0.2, 0) is 18.9 Å². The fraction of sp³-hybridized carbons (Fsp3) is 0.296. The van der Waals surface area contributed by atoms with Crippen LogP contribution in [0.25, 0.3) is 0 Å². The number of nitrogens with zero attached hydrogens (tertiary/aromatic N) is 2. The van der Waals surface area contributed by atoms with E-state index < -0.39 is 19.1 Å². The second kappa shape index (κ2) is 11.7. The SMILES string of the molecule is C=C1CC[C@@H](Oc2ccc(B3OC(=O)CN(C)CC(=O)O3)cc2)C/C=C\C=C/1Oc1cccc(C)n1. The van der Waals surface area contributed by atoms with E-state index in [1.54, 1.807) is 36.2 Å². The van der Waals surface area contributed by atoms with Crippen LogP contribution in [0.2, 0.25) is 0 Å². The molecule has 2 aromatic rings. The summed E-state index contributed by atoms with van der Waals surface area (Å²) in [4.78, 5) is 30.0. The van der Waals surface area contributed by atoms with Crippen molar-refractivity contribution >= 4 is 24.5 Å². The van der Waals surface area contributed by atoms with Gasteiger partial charge in [0.1, 0.15) is 17.6 Å². The van der Waals surface area contributed by atoms with Gasteiger partial charge in [-0.1, -0.05) is 36.9 Å². The van der Waals surface area contributed by atoms with Gasteiger partial charge in [-0.25, -0.2) is 4.98 Å². The Morgan fingerprint density at radius 2 is 1.81 bits per heavy atom. The van der Waals surface area contributed by atoms with Gasteiger partial charge in [-0.3, -0.25) is 14.5 Å². The normalized spacial score (nSPS) is 21.9. The summed E-state index contributed by atoms with van der Waals surface area (Å²) in [5.74, 6) is 0.976. The van der Waals surface area contributed by atoms with E-state index in [2.05, 4.69) is 11.6 Å². The number of hydrogen-bond donors (Lipinski definition) is 0. The number of rotatable bonds is 5. The summed E-state index contributed by atoms with van der Waals surface area (Å²) in [5.41, 5.74) is 2.31. The molecule has 2 heterocycles. The van der Waals surface area contributed by atoms with E-state index in [4.69, 9.17) is 18.8 Å². The maximum atomic E-state index is 12.0. The summed E-state index contributed by atoms with van der Waals surface area (Å²) < 4.78 is 22.8. The highest BCUT2D eigenvalue weighted by Gasteiger charge is 2.33. The third-order valence-electron chi connectivity index (χ3n) is 5.71. The van der Waals surface area contributed by atoms with Gasteiger partial charge < -0.3 is 18.8 Å². The van der Waals surface area contributed by atoms with E-state index in [0.29, 0.717) is 35.7 Å². The molecule has 186 valence electrons. The third-order valence-corrected chi connectivity index (χ3v) is 5.71. The largest absolute Gasteiger partial charge is 0.636 e. The number of likely N-dealkylation sites (N-methyl/N-ethyl adjacent to an activating group) is 1. The molecule has 1 aromatic carbocycles. The van der Waals surface area contributed by atoms with Crippen LogP contribution in [0.3, 0.4) is 0 Å². The number of benzene rings is 1. The molecule has 0 spiro atoms. The van der Waals surface area contributed by atoms with Crippen molar-refractivity contribution in [2.24, 2.45) is 0 Å². The van der Waals surface area contributed by atoms with Crippen molar-refractivity contribution in [1.82, 2.24) is 9.88 Å². The molecule has 4 rings (SSSR count). The highest BCUT2D eigenvalue weighted by atomic mass is 16.6. The smallest absolute Gasteiger partial charge is 0.494 e.